The quantitative estimate of drug-likeness (QED) is 0.633. The Labute approximate surface area is 157 Å². The molecule has 2 amide bonds. The van der Waals surface area contributed by atoms with E-state index in [-0.39, 0.29) is 16.9 Å². The van der Waals surface area contributed by atoms with E-state index in [0.717, 1.165) is 5.52 Å². The lowest BCUT2D eigenvalue weighted by Gasteiger charge is -2.07. The molecule has 1 heterocycles. The first-order chi connectivity index (χ1) is 13.4. The van der Waals surface area contributed by atoms with Crippen LogP contribution >= 0.6 is 0 Å². The number of para-hydroxylation sites is 1. The number of aromatic nitrogens is 1. The predicted molar refractivity (Wildman–Crippen MR) is 94.1 cm³/mol. The maximum absolute atomic E-state index is 12.1. The van der Waals surface area contributed by atoms with Crippen molar-refractivity contribution in [3.8, 4) is 5.75 Å². The van der Waals surface area contributed by atoms with Crippen LogP contribution in [0.1, 0.15) is 20.7 Å². The van der Waals surface area contributed by atoms with Crippen LogP contribution in [0, 0.1) is 0 Å². The molecule has 0 aliphatic heterocycles. The van der Waals surface area contributed by atoms with Gasteiger partial charge in [-0.05, 0) is 30.3 Å². The van der Waals surface area contributed by atoms with Crippen molar-refractivity contribution in [3.05, 3.63) is 65.9 Å². The van der Waals surface area contributed by atoms with Gasteiger partial charge in [0.25, 0.3) is 11.8 Å². The second-order valence-electron chi connectivity index (χ2n) is 5.60. The van der Waals surface area contributed by atoms with E-state index in [1.165, 1.54) is 30.5 Å². The number of H-pyrrole nitrogens is 1. The van der Waals surface area contributed by atoms with Crippen LogP contribution in [0.5, 0.6) is 5.75 Å². The summed E-state index contributed by atoms with van der Waals surface area (Å²) in [5, 5.41) is 2.69. The van der Waals surface area contributed by atoms with Crippen LogP contribution in [0.3, 0.4) is 0 Å². The molecule has 2 N–H and O–H groups in total. The van der Waals surface area contributed by atoms with E-state index in [4.69, 9.17) is 4.74 Å². The Morgan fingerprint density at radius 3 is 2.46 bits per heavy atom. The predicted octanol–water partition coefficient (Wildman–Crippen LogP) is 2.88. The third-order valence-corrected chi connectivity index (χ3v) is 3.74. The van der Waals surface area contributed by atoms with Crippen molar-refractivity contribution in [2.75, 3.05) is 6.61 Å². The van der Waals surface area contributed by atoms with Gasteiger partial charge in [0.15, 0.2) is 6.61 Å². The van der Waals surface area contributed by atoms with Gasteiger partial charge in [0.1, 0.15) is 5.75 Å². The summed E-state index contributed by atoms with van der Waals surface area (Å²) in [6.07, 6.45) is 1.47. The molecule has 0 fully saturated rings. The van der Waals surface area contributed by atoms with Crippen LogP contribution in [0.2, 0.25) is 0 Å². The minimum absolute atomic E-state index is 0.0536. The van der Waals surface area contributed by atoms with Gasteiger partial charge in [-0.15, -0.1) is 0 Å². The van der Waals surface area contributed by atoms with E-state index in [1.54, 1.807) is 24.3 Å². The first-order valence-corrected chi connectivity index (χ1v) is 8.06. The normalized spacial score (nSPS) is 10.7. The molecule has 0 bridgehead atoms. The minimum atomic E-state index is -2.98. The lowest BCUT2D eigenvalue weighted by molar-refractivity contribution is -0.123. The number of esters is 1. The molecule has 2 aromatic carbocycles. The molecule has 7 nitrogen and oxygen atoms in total. The number of benzene rings is 2. The van der Waals surface area contributed by atoms with Gasteiger partial charge < -0.3 is 14.5 Å². The number of carbonyl (C=O) groups excluding carboxylic acids is 3. The largest absolute Gasteiger partial charge is 0.452 e. The van der Waals surface area contributed by atoms with Crippen molar-refractivity contribution in [2.24, 2.45) is 0 Å². The number of amides is 2. The molecule has 0 aliphatic rings. The number of nitrogens with one attached hydrogen (secondary N) is 2. The lowest BCUT2D eigenvalue weighted by atomic mass is 10.2. The minimum Gasteiger partial charge on any atom is -0.452 e. The summed E-state index contributed by atoms with van der Waals surface area (Å²) in [7, 11) is 0. The van der Waals surface area contributed by atoms with Gasteiger partial charge in [-0.3, -0.25) is 14.9 Å². The number of aromatic amines is 1. The van der Waals surface area contributed by atoms with Crippen LogP contribution in [-0.4, -0.2) is 36.0 Å². The zero-order chi connectivity index (χ0) is 20.1. The van der Waals surface area contributed by atoms with E-state index in [1.807, 2.05) is 5.32 Å². The van der Waals surface area contributed by atoms with Crippen molar-refractivity contribution in [2.45, 2.75) is 6.61 Å². The van der Waals surface area contributed by atoms with E-state index in [9.17, 15) is 23.2 Å². The molecule has 144 valence electrons. The lowest BCUT2D eigenvalue weighted by Crippen LogP contribution is -2.34. The Morgan fingerprint density at radius 2 is 1.75 bits per heavy atom. The van der Waals surface area contributed by atoms with Crippen LogP contribution < -0.4 is 10.1 Å². The fourth-order valence-electron chi connectivity index (χ4n) is 2.47. The molecule has 0 spiro atoms. The van der Waals surface area contributed by atoms with Crippen LogP contribution in [0.25, 0.3) is 10.9 Å². The summed E-state index contributed by atoms with van der Waals surface area (Å²) in [6.45, 7) is -3.63. The SMILES string of the molecule is O=C(COC(=O)c1c[nH]c2ccccc12)NC(=O)c1ccc(OC(F)F)cc1. The maximum Gasteiger partial charge on any atom is 0.387 e. The average molecular weight is 388 g/mol. The Balaban J connectivity index is 1.53. The van der Waals surface area contributed by atoms with Gasteiger partial charge in [-0.25, -0.2) is 4.79 Å². The Hall–Kier alpha value is -3.75. The third kappa shape index (κ3) is 4.50. The number of rotatable bonds is 6. The molecular weight excluding hydrogens is 374 g/mol. The highest BCUT2D eigenvalue weighted by atomic mass is 19.3. The summed E-state index contributed by atoms with van der Waals surface area (Å²) in [6, 6.07) is 11.9. The molecule has 0 aliphatic carbocycles. The molecule has 0 saturated carbocycles. The summed E-state index contributed by atoms with van der Waals surface area (Å²) in [5.74, 6) is -2.43. The van der Waals surface area contributed by atoms with Gasteiger partial charge in [0, 0.05) is 22.7 Å². The van der Waals surface area contributed by atoms with Crippen LogP contribution in [0.15, 0.2) is 54.7 Å². The molecular formula is C19H14F2N2O5. The molecule has 3 rings (SSSR count). The molecule has 28 heavy (non-hydrogen) atoms. The number of fused-ring (bicyclic) bond motifs is 1. The highest BCUT2D eigenvalue weighted by molar-refractivity contribution is 6.07. The topological polar surface area (TPSA) is 97.5 Å². The van der Waals surface area contributed by atoms with Crippen molar-refractivity contribution in [1.29, 1.82) is 0 Å². The van der Waals surface area contributed by atoms with Crippen molar-refractivity contribution >= 4 is 28.7 Å². The van der Waals surface area contributed by atoms with E-state index >= 15 is 0 Å². The first-order valence-electron chi connectivity index (χ1n) is 8.06. The zero-order valence-corrected chi connectivity index (χ0v) is 14.3. The molecule has 9 heteroatoms. The molecule has 3 aromatic rings. The zero-order valence-electron chi connectivity index (χ0n) is 14.3. The van der Waals surface area contributed by atoms with Crippen molar-refractivity contribution in [3.63, 3.8) is 0 Å². The monoisotopic (exact) mass is 388 g/mol. The number of imide groups is 1. The number of hydrogen-bond donors (Lipinski definition) is 2. The number of alkyl halides is 2. The van der Waals surface area contributed by atoms with Gasteiger partial charge in [0.05, 0.1) is 5.56 Å². The summed E-state index contributed by atoms with van der Waals surface area (Å²) < 4.78 is 33.3. The van der Waals surface area contributed by atoms with Crippen molar-refractivity contribution in [1.82, 2.24) is 10.3 Å². The second-order valence-corrected chi connectivity index (χ2v) is 5.60. The molecule has 1 aromatic heterocycles. The van der Waals surface area contributed by atoms with Gasteiger partial charge in [0.2, 0.25) is 0 Å². The third-order valence-electron chi connectivity index (χ3n) is 3.74. The highest BCUT2D eigenvalue weighted by Gasteiger charge is 2.16. The average Bonchev–Trinajstić information content (AvgIpc) is 3.10. The van der Waals surface area contributed by atoms with E-state index < -0.39 is 31.0 Å². The smallest absolute Gasteiger partial charge is 0.387 e. The van der Waals surface area contributed by atoms with E-state index in [0.29, 0.717) is 5.39 Å². The van der Waals surface area contributed by atoms with E-state index in [2.05, 4.69) is 9.72 Å². The standard InChI is InChI=1S/C19H14F2N2O5/c20-19(21)28-12-7-5-11(6-8-12)17(25)23-16(24)10-27-18(26)14-9-22-15-4-2-1-3-13(14)15/h1-9,19,22H,10H2,(H,23,24,25). The summed E-state index contributed by atoms with van der Waals surface area (Å²) in [4.78, 5) is 38.8. The highest BCUT2D eigenvalue weighted by Crippen LogP contribution is 2.18. The number of ether oxygens (including phenoxy) is 2. The molecule has 0 atom stereocenters. The Bertz CT molecular complexity index is 1010. The second kappa shape index (κ2) is 8.30. The van der Waals surface area contributed by atoms with Crippen molar-refractivity contribution < 1.29 is 32.6 Å². The maximum atomic E-state index is 12.1. The van der Waals surface area contributed by atoms with Gasteiger partial charge in [-0.1, -0.05) is 18.2 Å². The first kappa shape index (κ1) is 19.0. The van der Waals surface area contributed by atoms with Gasteiger partial charge >= 0.3 is 12.6 Å². The number of hydrogen-bond acceptors (Lipinski definition) is 5. The summed E-state index contributed by atoms with van der Waals surface area (Å²) in [5.41, 5.74) is 1.07. The van der Waals surface area contributed by atoms with Crippen LogP contribution in [0.4, 0.5) is 8.78 Å². The fraction of sp³-hybridized carbons (Fsp3) is 0.105. The van der Waals surface area contributed by atoms with Gasteiger partial charge in [-0.2, -0.15) is 8.78 Å². The number of halogens is 2. The molecule has 0 saturated heterocycles. The Kier molecular flexibility index (Phi) is 5.64. The fourth-order valence-corrected chi connectivity index (χ4v) is 2.47. The molecule has 0 unspecified atom stereocenters. The summed E-state index contributed by atoms with van der Waals surface area (Å²) >= 11 is 0. The number of carbonyl (C=O) groups is 3. The van der Waals surface area contributed by atoms with Crippen LogP contribution in [-0.2, 0) is 9.53 Å². The molecule has 0 radical (unpaired) electrons. The Morgan fingerprint density at radius 1 is 1.04 bits per heavy atom.